The highest BCUT2D eigenvalue weighted by Crippen LogP contribution is 2.38. The van der Waals surface area contributed by atoms with Crippen LogP contribution in [0.2, 0.25) is 5.02 Å². The highest BCUT2D eigenvalue weighted by Gasteiger charge is 2.41. The Hall–Kier alpha value is -2.83. The SMILES string of the molecule is CN1C[C@@H]2C[C@H]1CN2c1ccc(Nc2ncc(C(F)(F)F)c(NCCCN3CCOCCC3=O)n2)c(Cl)c1. The summed E-state index contributed by atoms with van der Waals surface area (Å²) in [5, 5.41) is 6.15. The molecule has 3 aliphatic rings. The first kappa shape index (κ1) is 26.8. The lowest BCUT2D eigenvalue weighted by Gasteiger charge is -2.33. The minimum atomic E-state index is -4.62. The third kappa shape index (κ3) is 5.92. The maximum atomic E-state index is 13.6. The number of carbonyl (C=O) groups excluding carboxylic acids is 1. The van der Waals surface area contributed by atoms with E-state index in [9.17, 15) is 18.0 Å². The number of aromatic nitrogens is 2. The quantitative estimate of drug-likeness (QED) is 0.477. The summed E-state index contributed by atoms with van der Waals surface area (Å²) >= 11 is 6.54. The molecule has 0 saturated carbocycles. The first-order valence-electron chi connectivity index (χ1n) is 12.8. The number of nitrogens with one attached hydrogen (secondary N) is 2. The number of piperazine rings is 1. The Kier molecular flexibility index (Phi) is 7.83. The topological polar surface area (TPSA) is 85.9 Å². The van der Waals surface area contributed by atoms with Crippen LogP contribution >= 0.6 is 11.6 Å². The highest BCUT2D eigenvalue weighted by molar-refractivity contribution is 6.33. The molecular formula is C25H31ClF3N7O2. The monoisotopic (exact) mass is 553 g/mol. The zero-order valence-corrected chi connectivity index (χ0v) is 21.9. The van der Waals surface area contributed by atoms with E-state index in [-0.39, 0.29) is 24.2 Å². The van der Waals surface area contributed by atoms with E-state index in [0.29, 0.717) is 61.9 Å². The van der Waals surface area contributed by atoms with E-state index in [1.165, 1.54) is 0 Å². The lowest BCUT2D eigenvalue weighted by molar-refractivity contribution is -0.137. The second-order valence-electron chi connectivity index (χ2n) is 9.90. The number of hydrogen-bond donors (Lipinski definition) is 2. The zero-order chi connectivity index (χ0) is 26.9. The van der Waals surface area contributed by atoms with E-state index in [1.54, 1.807) is 11.0 Å². The fourth-order valence-corrected chi connectivity index (χ4v) is 5.53. The molecule has 1 aromatic carbocycles. The molecule has 1 amide bonds. The van der Waals surface area contributed by atoms with Gasteiger partial charge in [-0.15, -0.1) is 0 Å². The zero-order valence-electron chi connectivity index (χ0n) is 21.1. The van der Waals surface area contributed by atoms with Crippen molar-refractivity contribution in [3.8, 4) is 0 Å². The van der Waals surface area contributed by atoms with Gasteiger partial charge in [0.05, 0.1) is 30.3 Å². The molecule has 0 unspecified atom stereocenters. The molecule has 9 nitrogen and oxygen atoms in total. The number of likely N-dealkylation sites (tertiary alicyclic amines) is 1. The number of benzene rings is 1. The Balaban J connectivity index is 1.24. The average molecular weight is 554 g/mol. The number of amides is 1. The fourth-order valence-electron chi connectivity index (χ4n) is 5.30. The molecule has 2 bridgehead atoms. The van der Waals surface area contributed by atoms with Crippen LogP contribution in [0.25, 0.3) is 0 Å². The van der Waals surface area contributed by atoms with Crippen molar-refractivity contribution in [3.63, 3.8) is 0 Å². The van der Waals surface area contributed by atoms with Crippen LogP contribution in [0.4, 0.5) is 36.3 Å². The van der Waals surface area contributed by atoms with Crippen LogP contribution in [0.1, 0.15) is 24.8 Å². The summed E-state index contributed by atoms with van der Waals surface area (Å²) in [5.74, 6) is -0.346. The van der Waals surface area contributed by atoms with Crippen LogP contribution in [0.5, 0.6) is 0 Å². The summed E-state index contributed by atoms with van der Waals surface area (Å²) in [7, 11) is 2.14. The number of fused-ring (bicyclic) bond motifs is 2. The molecule has 2 atom stereocenters. The molecule has 3 saturated heterocycles. The van der Waals surface area contributed by atoms with E-state index in [2.05, 4.69) is 37.4 Å². The van der Waals surface area contributed by atoms with Gasteiger partial charge < -0.3 is 25.2 Å². The van der Waals surface area contributed by atoms with Crippen LogP contribution in [-0.2, 0) is 15.7 Å². The molecule has 0 aliphatic carbocycles. The lowest BCUT2D eigenvalue weighted by Crippen LogP contribution is -2.44. The summed E-state index contributed by atoms with van der Waals surface area (Å²) < 4.78 is 46.1. The van der Waals surface area contributed by atoms with Gasteiger partial charge in [0.1, 0.15) is 11.4 Å². The number of hydrogen-bond acceptors (Lipinski definition) is 8. The van der Waals surface area contributed by atoms with E-state index >= 15 is 0 Å². The maximum Gasteiger partial charge on any atom is 0.421 e. The first-order chi connectivity index (χ1) is 18.2. The Bertz CT molecular complexity index is 1170. The minimum absolute atomic E-state index is 0.00292. The summed E-state index contributed by atoms with van der Waals surface area (Å²) in [5.41, 5.74) is 0.564. The first-order valence-corrected chi connectivity index (χ1v) is 13.1. The normalized spacial score (nSPS) is 22.2. The van der Waals surface area contributed by atoms with E-state index in [4.69, 9.17) is 16.3 Å². The number of likely N-dealkylation sites (N-methyl/N-ethyl adjacent to an activating group) is 1. The largest absolute Gasteiger partial charge is 0.421 e. The van der Waals surface area contributed by atoms with Gasteiger partial charge in [0.2, 0.25) is 11.9 Å². The predicted octanol–water partition coefficient (Wildman–Crippen LogP) is 3.84. The molecule has 2 aromatic rings. The van der Waals surface area contributed by atoms with Crippen LogP contribution in [0, 0.1) is 0 Å². The summed E-state index contributed by atoms with van der Waals surface area (Å²) in [6, 6.07) is 6.61. The van der Waals surface area contributed by atoms with Crippen molar-refractivity contribution in [3.05, 3.63) is 35.0 Å². The Morgan fingerprint density at radius 1 is 1.21 bits per heavy atom. The van der Waals surface area contributed by atoms with E-state index in [1.807, 2.05) is 12.1 Å². The van der Waals surface area contributed by atoms with Gasteiger partial charge >= 0.3 is 6.18 Å². The van der Waals surface area contributed by atoms with Gasteiger partial charge in [0, 0.05) is 56.7 Å². The number of ether oxygens (including phenoxy) is 1. The molecule has 2 N–H and O–H groups in total. The molecule has 0 spiro atoms. The molecule has 3 aliphatic heterocycles. The number of anilines is 4. The maximum absolute atomic E-state index is 13.6. The Morgan fingerprint density at radius 2 is 2.05 bits per heavy atom. The van der Waals surface area contributed by atoms with Gasteiger partial charge in [-0.1, -0.05) is 11.6 Å². The Labute approximate surface area is 224 Å². The standard InChI is InChI=1S/C25H31ClF3N7O2/c1-34-14-18-11-17(34)15-36(18)16-3-4-21(20(26)12-16)32-24-31-13-19(25(27,28)29)23(33-24)30-6-2-7-35-8-10-38-9-5-22(35)37/h3-4,12-13,17-18H,2,5-11,14-15H2,1H3,(H2,30,31,32,33)/t17-,18-/m0/s1. The molecule has 13 heteroatoms. The Morgan fingerprint density at radius 3 is 2.76 bits per heavy atom. The highest BCUT2D eigenvalue weighted by atomic mass is 35.5. The van der Waals surface area contributed by atoms with Crippen LogP contribution in [0.15, 0.2) is 24.4 Å². The number of rotatable bonds is 8. The van der Waals surface area contributed by atoms with Crippen molar-refractivity contribution >= 4 is 40.6 Å². The third-order valence-electron chi connectivity index (χ3n) is 7.36. The van der Waals surface area contributed by atoms with Crippen LogP contribution in [0.3, 0.4) is 0 Å². The van der Waals surface area contributed by atoms with Gasteiger partial charge in [0.25, 0.3) is 0 Å². The van der Waals surface area contributed by atoms with Crippen LogP contribution in [-0.4, -0.2) is 90.7 Å². The van der Waals surface area contributed by atoms with Gasteiger partial charge in [-0.2, -0.15) is 18.2 Å². The molecule has 38 heavy (non-hydrogen) atoms. The van der Waals surface area contributed by atoms with E-state index in [0.717, 1.165) is 31.4 Å². The van der Waals surface area contributed by atoms with Crippen molar-refractivity contribution in [1.29, 1.82) is 0 Å². The van der Waals surface area contributed by atoms with Crippen molar-refractivity contribution in [2.24, 2.45) is 0 Å². The number of nitrogens with zero attached hydrogens (tertiary/aromatic N) is 5. The smallest absolute Gasteiger partial charge is 0.379 e. The minimum Gasteiger partial charge on any atom is -0.379 e. The third-order valence-corrected chi connectivity index (χ3v) is 7.67. The second kappa shape index (κ2) is 11.1. The molecule has 206 valence electrons. The molecule has 4 heterocycles. The van der Waals surface area contributed by atoms with Crippen molar-refractivity contribution < 1.29 is 22.7 Å². The van der Waals surface area contributed by atoms with Crippen molar-refractivity contribution in [2.45, 2.75) is 37.5 Å². The summed E-state index contributed by atoms with van der Waals surface area (Å²) in [4.78, 5) is 26.5. The summed E-state index contributed by atoms with van der Waals surface area (Å²) in [6.07, 6.45) is -1.97. The average Bonchev–Trinajstić information content (AvgIpc) is 3.38. The van der Waals surface area contributed by atoms with Gasteiger partial charge in [-0.25, -0.2) is 4.98 Å². The second-order valence-corrected chi connectivity index (χ2v) is 10.3. The lowest BCUT2D eigenvalue weighted by atomic mass is 10.2. The van der Waals surface area contributed by atoms with Crippen molar-refractivity contribution in [1.82, 2.24) is 19.8 Å². The van der Waals surface area contributed by atoms with Crippen molar-refractivity contribution in [2.75, 3.05) is 68.5 Å². The number of halogens is 4. The fraction of sp³-hybridized carbons (Fsp3) is 0.560. The number of carbonyl (C=O) groups is 1. The summed E-state index contributed by atoms with van der Waals surface area (Å²) in [6.45, 7) is 3.91. The molecule has 3 fully saturated rings. The molecule has 0 radical (unpaired) electrons. The van der Waals surface area contributed by atoms with Gasteiger partial charge in [0.15, 0.2) is 0 Å². The molecule has 5 rings (SSSR count). The number of alkyl halides is 3. The molecule has 1 aromatic heterocycles. The van der Waals surface area contributed by atoms with Crippen LogP contribution < -0.4 is 15.5 Å². The molecular weight excluding hydrogens is 523 g/mol. The van der Waals surface area contributed by atoms with Gasteiger partial charge in [-0.3, -0.25) is 9.69 Å². The van der Waals surface area contributed by atoms with E-state index < -0.39 is 11.7 Å². The predicted molar refractivity (Wildman–Crippen MR) is 139 cm³/mol. The van der Waals surface area contributed by atoms with Gasteiger partial charge in [-0.05, 0) is 38.1 Å².